The highest BCUT2D eigenvalue weighted by molar-refractivity contribution is 5.92. The van der Waals surface area contributed by atoms with E-state index in [2.05, 4.69) is 10.3 Å². The van der Waals surface area contributed by atoms with Gasteiger partial charge >= 0.3 is 0 Å². The van der Waals surface area contributed by atoms with E-state index in [1.165, 1.54) is 19.2 Å². The van der Waals surface area contributed by atoms with Gasteiger partial charge in [0.25, 0.3) is 0 Å². The maximum absolute atomic E-state index is 13.5. The second-order valence-corrected chi connectivity index (χ2v) is 3.93. The molecule has 0 aliphatic carbocycles. The van der Waals surface area contributed by atoms with Gasteiger partial charge in [-0.05, 0) is 29.8 Å². The molecule has 0 unspecified atom stereocenters. The van der Waals surface area contributed by atoms with Gasteiger partial charge in [0.1, 0.15) is 0 Å². The summed E-state index contributed by atoms with van der Waals surface area (Å²) in [5.41, 5.74) is 1.25. The topological polar surface area (TPSA) is 51.2 Å². The van der Waals surface area contributed by atoms with E-state index in [0.29, 0.717) is 11.3 Å². The van der Waals surface area contributed by atoms with Gasteiger partial charge in [0.15, 0.2) is 11.6 Å². The Hall–Kier alpha value is -2.43. The number of benzene rings is 1. The van der Waals surface area contributed by atoms with Crippen molar-refractivity contribution in [3.8, 4) is 5.75 Å². The molecule has 0 saturated heterocycles. The first-order valence-corrected chi connectivity index (χ1v) is 5.71. The molecule has 1 aromatic heterocycles. The summed E-state index contributed by atoms with van der Waals surface area (Å²) in [6.45, 7) is 0. The van der Waals surface area contributed by atoms with Gasteiger partial charge in [-0.3, -0.25) is 9.78 Å². The number of anilines is 1. The molecule has 0 saturated carbocycles. The minimum atomic E-state index is -0.475. The zero-order chi connectivity index (χ0) is 13.7. The van der Waals surface area contributed by atoms with Crippen molar-refractivity contribution in [2.75, 3.05) is 12.4 Å². The van der Waals surface area contributed by atoms with E-state index in [-0.39, 0.29) is 18.1 Å². The number of nitrogens with zero attached hydrogens (tertiary/aromatic N) is 1. The van der Waals surface area contributed by atoms with E-state index in [4.69, 9.17) is 4.74 Å². The molecule has 0 atom stereocenters. The van der Waals surface area contributed by atoms with Crippen molar-refractivity contribution < 1.29 is 13.9 Å². The van der Waals surface area contributed by atoms with Crippen LogP contribution in [-0.4, -0.2) is 18.0 Å². The van der Waals surface area contributed by atoms with Crippen molar-refractivity contribution in [2.24, 2.45) is 0 Å². The molecule has 19 heavy (non-hydrogen) atoms. The van der Waals surface area contributed by atoms with Crippen LogP contribution in [0.25, 0.3) is 0 Å². The summed E-state index contributed by atoms with van der Waals surface area (Å²) in [4.78, 5) is 15.6. The summed E-state index contributed by atoms with van der Waals surface area (Å²) < 4.78 is 18.3. The molecule has 98 valence electrons. The summed E-state index contributed by atoms with van der Waals surface area (Å²) in [6, 6.07) is 7.84. The maximum atomic E-state index is 13.5. The number of nitrogens with one attached hydrogen (secondary N) is 1. The Labute approximate surface area is 110 Å². The van der Waals surface area contributed by atoms with Gasteiger partial charge in [-0.1, -0.05) is 6.07 Å². The first-order chi connectivity index (χ1) is 9.19. The van der Waals surface area contributed by atoms with Crippen LogP contribution in [0.2, 0.25) is 0 Å². The van der Waals surface area contributed by atoms with E-state index in [0.717, 1.165) is 0 Å². The average Bonchev–Trinajstić information content (AvgIpc) is 2.40. The van der Waals surface area contributed by atoms with Crippen molar-refractivity contribution in [3.05, 3.63) is 54.1 Å². The smallest absolute Gasteiger partial charge is 0.228 e. The Balaban J connectivity index is 2.01. The Morgan fingerprint density at radius 3 is 2.68 bits per heavy atom. The molecule has 1 N–H and O–H groups in total. The zero-order valence-corrected chi connectivity index (χ0v) is 10.4. The van der Waals surface area contributed by atoms with E-state index in [1.54, 1.807) is 30.6 Å². The van der Waals surface area contributed by atoms with E-state index >= 15 is 0 Å². The number of ether oxygens (including phenoxy) is 1. The third kappa shape index (κ3) is 3.51. The minimum Gasteiger partial charge on any atom is -0.494 e. The number of carbonyl (C=O) groups is 1. The molecule has 1 heterocycles. The molecule has 0 fully saturated rings. The number of carbonyl (C=O) groups excluding carboxylic acids is 1. The molecule has 0 radical (unpaired) electrons. The van der Waals surface area contributed by atoms with Crippen LogP contribution in [-0.2, 0) is 11.2 Å². The van der Waals surface area contributed by atoms with Gasteiger partial charge in [-0.2, -0.15) is 0 Å². The molecular weight excluding hydrogens is 247 g/mol. The predicted octanol–water partition coefficient (Wildman–Crippen LogP) is 2.41. The summed E-state index contributed by atoms with van der Waals surface area (Å²) in [6.07, 6.45) is 3.27. The van der Waals surface area contributed by atoms with Crippen LogP contribution in [0, 0.1) is 5.82 Å². The highest BCUT2D eigenvalue weighted by atomic mass is 19.1. The Kier molecular flexibility index (Phi) is 4.07. The number of hydrogen-bond donors (Lipinski definition) is 1. The second-order valence-electron chi connectivity index (χ2n) is 3.93. The van der Waals surface area contributed by atoms with E-state index in [1.807, 2.05) is 0 Å². The Morgan fingerprint density at radius 1 is 1.32 bits per heavy atom. The van der Waals surface area contributed by atoms with Crippen molar-refractivity contribution in [2.45, 2.75) is 6.42 Å². The quantitative estimate of drug-likeness (QED) is 0.918. The van der Waals surface area contributed by atoms with Crippen LogP contribution in [0.5, 0.6) is 5.75 Å². The van der Waals surface area contributed by atoms with E-state index in [9.17, 15) is 9.18 Å². The summed E-state index contributed by atoms with van der Waals surface area (Å²) in [7, 11) is 1.40. The number of aromatic nitrogens is 1. The number of rotatable bonds is 4. The molecule has 2 rings (SSSR count). The van der Waals surface area contributed by atoms with Gasteiger partial charge in [0, 0.05) is 18.1 Å². The molecule has 0 aliphatic rings. The third-order valence-corrected chi connectivity index (χ3v) is 2.54. The molecule has 4 nitrogen and oxygen atoms in total. The van der Waals surface area contributed by atoms with Crippen molar-refractivity contribution >= 4 is 11.6 Å². The lowest BCUT2D eigenvalue weighted by Crippen LogP contribution is -2.14. The lowest BCUT2D eigenvalue weighted by molar-refractivity contribution is -0.115. The van der Waals surface area contributed by atoms with Crippen LogP contribution in [0.4, 0.5) is 10.1 Å². The molecule has 2 aromatic rings. The zero-order valence-electron chi connectivity index (χ0n) is 10.4. The number of amides is 1. The lowest BCUT2D eigenvalue weighted by Gasteiger charge is -2.06. The number of hydrogen-bond acceptors (Lipinski definition) is 3. The molecular formula is C14H13FN2O2. The largest absolute Gasteiger partial charge is 0.494 e. The fourth-order valence-corrected chi connectivity index (χ4v) is 1.65. The first kappa shape index (κ1) is 13.0. The molecule has 1 aromatic carbocycles. The number of halogens is 1. The van der Waals surface area contributed by atoms with Crippen LogP contribution in [0.15, 0.2) is 42.7 Å². The van der Waals surface area contributed by atoms with E-state index < -0.39 is 5.82 Å². The maximum Gasteiger partial charge on any atom is 0.228 e. The van der Waals surface area contributed by atoms with Gasteiger partial charge in [0.2, 0.25) is 5.91 Å². The number of pyridine rings is 1. The Bertz CT molecular complexity index is 573. The monoisotopic (exact) mass is 260 g/mol. The molecule has 0 aliphatic heterocycles. The minimum absolute atomic E-state index is 0.100. The van der Waals surface area contributed by atoms with Crippen LogP contribution in [0.3, 0.4) is 0 Å². The van der Waals surface area contributed by atoms with Gasteiger partial charge in [0.05, 0.1) is 13.5 Å². The predicted molar refractivity (Wildman–Crippen MR) is 69.5 cm³/mol. The number of methoxy groups -OCH3 is 1. The molecule has 5 heteroatoms. The fraction of sp³-hybridized carbons (Fsp3) is 0.143. The highest BCUT2D eigenvalue weighted by Crippen LogP contribution is 2.18. The van der Waals surface area contributed by atoms with Crippen LogP contribution < -0.4 is 10.1 Å². The average molecular weight is 260 g/mol. The van der Waals surface area contributed by atoms with Crippen LogP contribution >= 0.6 is 0 Å². The van der Waals surface area contributed by atoms with Gasteiger partial charge in [-0.15, -0.1) is 0 Å². The summed E-state index contributed by atoms with van der Waals surface area (Å²) in [5.74, 6) is -0.522. The molecule has 0 spiro atoms. The van der Waals surface area contributed by atoms with Crippen molar-refractivity contribution in [1.29, 1.82) is 0 Å². The Morgan fingerprint density at radius 2 is 2.05 bits per heavy atom. The normalized spacial score (nSPS) is 10.0. The standard InChI is InChI=1S/C14H13FN2O2/c1-19-13-3-2-10(8-12(13)15)9-14(18)17-11-4-6-16-7-5-11/h2-8H,9H2,1H3,(H,16,17,18). The first-order valence-electron chi connectivity index (χ1n) is 5.71. The lowest BCUT2D eigenvalue weighted by atomic mass is 10.1. The summed E-state index contributed by atoms with van der Waals surface area (Å²) >= 11 is 0. The van der Waals surface area contributed by atoms with Gasteiger partial charge < -0.3 is 10.1 Å². The summed E-state index contributed by atoms with van der Waals surface area (Å²) in [5, 5.41) is 2.71. The fourth-order valence-electron chi connectivity index (χ4n) is 1.65. The van der Waals surface area contributed by atoms with Crippen molar-refractivity contribution in [3.63, 3.8) is 0 Å². The molecule has 1 amide bonds. The molecule has 0 bridgehead atoms. The van der Waals surface area contributed by atoms with Gasteiger partial charge in [-0.25, -0.2) is 4.39 Å². The SMILES string of the molecule is COc1ccc(CC(=O)Nc2ccncc2)cc1F. The van der Waals surface area contributed by atoms with Crippen LogP contribution in [0.1, 0.15) is 5.56 Å². The second kappa shape index (κ2) is 5.95. The highest BCUT2D eigenvalue weighted by Gasteiger charge is 2.07. The third-order valence-electron chi connectivity index (χ3n) is 2.54. The van der Waals surface area contributed by atoms with Crippen molar-refractivity contribution in [1.82, 2.24) is 4.98 Å².